The van der Waals surface area contributed by atoms with Crippen LogP contribution in [0, 0.1) is 0 Å². The number of rotatable bonds is 4. The molecule has 1 N–H and O–H groups in total. The van der Waals surface area contributed by atoms with Crippen molar-refractivity contribution in [2.75, 3.05) is 18.0 Å². The van der Waals surface area contributed by atoms with Gasteiger partial charge in [-0.2, -0.15) is 0 Å². The number of carbonyl (C=O) groups is 1. The van der Waals surface area contributed by atoms with Crippen molar-refractivity contribution in [1.29, 1.82) is 0 Å². The second kappa shape index (κ2) is 8.20. The number of hydrogen-bond acceptors (Lipinski definition) is 5. The van der Waals surface area contributed by atoms with Gasteiger partial charge >= 0.3 is 0 Å². The van der Waals surface area contributed by atoms with E-state index in [-0.39, 0.29) is 28.3 Å². The highest BCUT2D eigenvalue weighted by molar-refractivity contribution is 6.41. The van der Waals surface area contributed by atoms with E-state index in [1.807, 2.05) is 12.1 Å². The maximum Gasteiger partial charge on any atom is 0.253 e. The van der Waals surface area contributed by atoms with Crippen LogP contribution in [0.1, 0.15) is 29.8 Å². The van der Waals surface area contributed by atoms with Gasteiger partial charge in [-0.3, -0.25) is 4.79 Å². The van der Waals surface area contributed by atoms with Gasteiger partial charge in [0.2, 0.25) is 0 Å². The van der Waals surface area contributed by atoms with Gasteiger partial charge in [0, 0.05) is 32.0 Å². The van der Waals surface area contributed by atoms with Gasteiger partial charge in [-0.25, -0.2) is 9.97 Å². The Bertz CT molecular complexity index is 775. The number of hydrogen-bond donors (Lipinski definition) is 1. The number of amides is 1. The van der Waals surface area contributed by atoms with Gasteiger partial charge in [0.15, 0.2) is 0 Å². The molecule has 0 aliphatic carbocycles. The number of nitrogens with zero attached hydrogens (tertiary/aromatic N) is 3. The molecule has 1 saturated heterocycles. The highest BCUT2D eigenvalue weighted by Gasteiger charge is 2.23. The number of nitrogens with one attached hydrogen (secondary N) is 1. The minimum Gasteiger partial charge on any atom is -0.372 e. The average Bonchev–Trinajstić information content (AvgIpc) is 2.61. The lowest BCUT2D eigenvalue weighted by molar-refractivity contribution is -0.00546. The first-order valence-electron chi connectivity index (χ1n) is 8.37. The van der Waals surface area contributed by atoms with Gasteiger partial charge < -0.3 is 15.0 Å². The molecule has 2 aromatic rings. The number of anilines is 1. The SMILES string of the molecule is CC1CN(c2ccc(CNC(=O)c3cnc(Cl)c(Cl)c3)cn2)CC(C)O1. The first-order chi connectivity index (χ1) is 12.4. The molecule has 1 fully saturated rings. The third-order valence-corrected chi connectivity index (χ3v) is 4.75. The molecule has 2 aromatic heterocycles. The lowest BCUT2D eigenvalue weighted by Gasteiger charge is -2.36. The Morgan fingerprint density at radius 3 is 2.58 bits per heavy atom. The summed E-state index contributed by atoms with van der Waals surface area (Å²) in [4.78, 5) is 22.8. The molecule has 138 valence electrons. The van der Waals surface area contributed by atoms with E-state index in [4.69, 9.17) is 27.9 Å². The summed E-state index contributed by atoms with van der Waals surface area (Å²) in [5.41, 5.74) is 1.27. The molecule has 3 rings (SSSR count). The van der Waals surface area contributed by atoms with Crippen LogP contribution < -0.4 is 10.2 Å². The maximum atomic E-state index is 12.2. The van der Waals surface area contributed by atoms with E-state index in [0.717, 1.165) is 24.5 Å². The van der Waals surface area contributed by atoms with E-state index >= 15 is 0 Å². The fourth-order valence-electron chi connectivity index (χ4n) is 2.90. The highest BCUT2D eigenvalue weighted by atomic mass is 35.5. The topological polar surface area (TPSA) is 67.4 Å². The smallest absolute Gasteiger partial charge is 0.253 e. The van der Waals surface area contributed by atoms with E-state index in [9.17, 15) is 4.79 Å². The van der Waals surface area contributed by atoms with Gasteiger partial charge in [-0.05, 0) is 31.5 Å². The zero-order valence-electron chi connectivity index (χ0n) is 14.6. The van der Waals surface area contributed by atoms with Crippen LogP contribution in [-0.4, -0.2) is 41.2 Å². The summed E-state index contributed by atoms with van der Waals surface area (Å²) in [5.74, 6) is 0.645. The Morgan fingerprint density at radius 2 is 1.96 bits per heavy atom. The van der Waals surface area contributed by atoms with Crippen molar-refractivity contribution < 1.29 is 9.53 Å². The summed E-state index contributed by atoms with van der Waals surface area (Å²) < 4.78 is 5.74. The van der Waals surface area contributed by atoms with Crippen molar-refractivity contribution >= 4 is 34.9 Å². The number of ether oxygens (including phenoxy) is 1. The number of carbonyl (C=O) groups excluding carboxylic acids is 1. The fraction of sp³-hybridized carbons (Fsp3) is 0.389. The Morgan fingerprint density at radius 1 is 1.23 bits per heavy atom. The normalized spacial score (nSPS) is 20.1. The van der Waals surface area contributed by atoms with E-state index in [1.165, 1.54) is 12.3 Å². The van der Waals surface area contributed by atoms with Gasteiger partial charge in [0.05, 0.1) is 22.8 Å². The zero-order chi connectivity index (χ0) is 18.7. The zero-order valence-corrected chi connectivity index (χ0v) is 16.1. The predicted molar refractivity (Wildman–Crippen MR) is 102 cm³/mol. The van der Waals surface area contributed by atoms with Gasteiger partial charge in [-0.1, -0.05) is 29.3 Å². The van der Waals surface area contributed by atoms with Crippen LogP contribution in [0.4, 0.5) is 5.82 Å². The lowest BCUT2D eigenvalue weighted by atomic mass is 10.2. The minimum atomic E-state index is -0.268. The molecule has 0 saturated carbocycles. The number of pyridine rings is 2. The second-order valence-corrected chi connectivity index (χ2v) is 7.13. The Kier molecular flexibility index (Phi) is 5.96. The van der Waals surface area contributed by atoms with E-state index < -0.39 is 0 Å². The van der Waals surface area contributed by atoms with Crippen molar-refractivity contribution in [3.8, 4) is 0 Å². The third-order valence-electron chi connectivity index (χ3n) is 4.06. The summed E-state index contributed by atoms with van der Waals surface area (Å²) >= 11 is 11.6. The standard InChI is InChI=1S/C18H20Cl2N4O2/c1-11-9-24(10-12(2)26-11)16-4-3-13(6-21-16)7-23-18(25)14-5-15(19)17(20)22-8-14/h3-6,8,11-12H,7,9-10H2,1-2H3,(H,23,25). The van der Waals surface area contributed by atoms with Crippen molar-refractivity contribution in [3.05, 3.63) is 51.9 Å². The largest absolute Gasteiger partial charge is 0.372 e. The minimum absolute atomic E-state index is 0.176. The number of aromatic nitrogens is 2. The van der Waals surface area contributed by atoms with Crippen molar-refractivity contribution in [2.24, 2.45) is 0 Å². The maximum absolute atomic E-state index is 12.2. The fourth-order valence-corrected chi connectivity index (χ4v) is 3.17. The molecule has 1 amide bonds. The molecule has 3 heterocycles. The molecular weight excluding hydrogens is 375 g/mol. The van der Waals surface area contributed by atoms with Crippen molar-refractivity contribution in [2.45, 2.75) is 32.6 Å². The summed E-state index contributed by atoms with van der Waals surface area (Å²) in [5, 5.41) is 3.25. The summed E-state index contributed by atoms with van der Waals surface area (Å²) in [6, 6.07) is 5.42. The van der Waals surface area contributed by atoms with Crippen LogP contribution in [0.2, 0.25) is 10.2 Å². The molecule has 0 radical (unpaired) electrons. The summed E-state index contributed by atoms with van der Waals surface area (Å²) in [6.07, 6.45) is 3.53. The van der Waals surface area contributed by atoms with Crippen molar-refractivity contribution in [1.82, 2.24) is 15.3 Å². The van der Waals surface area contributed by atoms with Crippen molar-refractivity contribution in [3.63, 3.8) is 0 Å². The van der Waals surface area contributed by atoms with E-state index in [2.05, 4.69) is 34.0 Å². The molecule has 26 heavy (non-hydrogen) atoms. The summed E-state index contributed by atoms with van der Waals surface area (Å²) in [7, 11) is 0. The molecule has 1 aliphatic rings. The highest BCUT2D eigenvalue weighted by Crippen LogP contribution is 2.20. The Labute approximate surface area is 162 Å². The van der Waals surface area contributed by atoms with Crippen LogP contribution in [-0.2, 0) is 11.3 Å². The molecular formula is C18H20Cl2N4O2. The predicted octanol–water partition coefficient (Wildman–Crippen LogP) is 3.33. The molecule has 6 nitrogen and oxygen atoms in total. The average molecular weight is 395 g/mol. The molecule has 1 aliphatic heterocycles. The monoisotopic (exact) mass is 394 g/mol. The summed E-state index contributed by atoms with van der Waals surface area (Å²) in [6.45, 7) is 6.12. The Balaban J connectivity index is 1.59. The van der Waals surface area contributed by atoms with Gasteiger partial charge in [0.25, 0.3) is 5.91 Å². The van der Waals surface area contributed by atoms with E-state index in [1.54, 1.807) is 6.20 Å². The van der Waals surface area contributed by atoms with Crippen LogP contribution in [0.5, 0.6) is 0 Å². The molecule has 2 unspecified atom stereocenters. The Hall–Kier alpha value is -1.89. The number of halogens is 2. The quantitative estimate of drug-likeness (QED) is 0.805. The van der Waals surface area contributed by atoms with Crippen LogP contribution in [0.15, 0.2) is 30.6 Å². The lowest BCUT2D eigenvalue weighted by Crippen LogP contribution is -2.45. The molecule has 2 atom stereocenters. The van der Waals surface area contributed by atoms with E-state index in [0.29, 0.717) is 12.1 Å². The third kappa shape index (κ3) is 4.63. The van der Waals surface area contributed by atoms with Crippen LogP contribution in [0.3, 0.4) is 0 Å². The number of morpholine rings is 1. The molecule has 0 spiro atoms. The van der Waals surface area contributed by atoms with Gasteiger partial charge in [-0.15, -0.1) is 0 Å². The molecule has 0 aromatic carbocycles. The van der Waals surface area contributed by atoms with Gasteiger partial charge in [0.1, 0.15) is 11.0 Å². The van der Waals surface area contributed by atoms with Crippen LogP contribution in [0.25, 0.3) is 0 Å². The first-order valence-corrected chi connectivity index (χ1v) is 9.12. The molecule has 8 heteroatoms. The second-order valence-electron chi connectivity index (χ2n) is 6.37. The van der Waals surface area contributed by atoms with Crippen LogP contribution >= 0.6 is 23.2 Å². The first kappa shape index (κ1) is 18.9. The molecule has 0 bridgehead atoms.